The van der Waals surface area contributed by atoms with Crippen LogP contribution in [0.4, 0.5) is 13.2 Å². The predicted octanol–water partition coefficient (Wildman–Crippen LogP) is 7.59. The van der Waals surface area contributed by atoms with Gasteiger partial charge in [0.1, 0.15) is 17.5 Å². The van der Waals surface area contributed by atoms with Crippen LogP contribution in [0.3, 0.4) is 0 Å². The summed E-state index contributed by atoms with van der Waals surface area (Å²) in [4.78, 5) is 3.10. The zero-order valence-electron chi connectivity index (χ0n) is 18.3. The molecular weight excluding hydrogens is 397 g/mol. The van der Waals surface area contributed by atoms with E-state index < -0.39 is 11.6 Å². The van der Waals surface area contributed by atoms with Crippen LogP contribution in [0.2, 0.25) is 0 Å². The van der Waals surface area contributed by atoms with Crippen LogP contribution in [0.5, 0.6) is 0 Å². The van der Waals surface area contributed by atoms with Crippen LogP contribution < -0.4 is 5.32 Å². The Labute approximate surface area is 181 Å². The number of H-pyrrole nitrogens is 1. The van der Waals surface area contributed by atoms with E-state index in [2.05, 4.69) is 30.4 Å². The second-order valence-electron chi connectivity index (χ2n) is 8.27. The molecule has 0 fully saturated rings. The molecule has 0 bridgehead atoms. The molecule has 2 N–H and O–H groups in total. The number of aromatic nitrogens is 1. The third-order valence-electron chi connectivity index (χ3n) is 5.59. The van der Waals surface area contributed by atoms with E-state index >= 15 is 0 Å². The molecule has 0 saturated carbocycles. The van der Waals surface area contributed by atoms with Gasteiger partial charge in [-0.25, -0.2) is 13.2 Å². The number of hydrogen-bond donors (Lipinski definition) is 2. The van der Waals surface area contributed by atoms with Crippen molar-refractivity contribution in [2.24, 2.45) is 0 Å². The molecule has 2 nitrogen and oxygen atoms in total. The van der Waals surface area contributed by atoms with Crippen LogP contribution in [-0.4, -0.2) is 11.0 Å². The molecule has 0 aliphatic carbocycles. The standard InChI is InChI=1S/C26H29F3N2/c1-6-7-23(15(2)3)30-17(5)12-16(4)24-21-13-20(28)14-22(29)26(21)31-25(24)18-8-10-19(27)11-9-18/h8-11,13-14,16,23,30-31H,2,5-7,12H2,1,3-4H3. The van der Waals surface area contributed by atoms with E-state index in [9.17, 15) is 13.2 Å². The van der Waals surface area contributed by atoms with Gasteiger partial charge in [0, 0.05) is 23.2 Å². The van der Waals surface area contributed by atoms with E-state index in [1.54, 1.807) is 12.1 Å². The zero-order valence-corrected chi connectivity index (χ0v) is 18.3. The van der Waals surface area contributed by atoms with Gasteiger partial charge >= 0.3 is 0 Å². The highest BCUT2D eigenvalue weighted by molar-refractivity contribution is 5.92. The first kappa shape index (κ1) is 22.7. The molecule has 5 heteroatoms. The van der Waals surface area contributed by atoms with Gasteiger partial charge in [-0.15, -0.1) is 0 Å². The van der Waals surface area contributed by atoms with Gasteiger partial charge in [-0.3, -0.25) is 0 Å². The van der Waals surface area contributed by atoms with Gasteiger partial charge < -0.3 is 10.3 Å². The molecule has 2 aromatic carbocycles. The largest absolute Gasteiger partial charge is 0.382 e. The van der Waals surface area contributed by atoms with Crippen molar-refractivity contribution in [1.29, 1.82) is 0 Å². The number of hydrogen-bond acceptors (Lipinski definition) is 1. The van der Waals surface area contributed by atoms with Crippen molar-refractivity contribution < 1.29 is 13.2 Å². The lowest BCUT2D eigenvalue weighted by atomic mass is 9.91. The molecule has 1 heterocycles. The second-order valence-corrected chi connectivity index (χ2v) is 8.27. The van der Waals surface area contributed by atoms with Gasteiger partial charge in [0.05, 0.1) is 11.2 Å². The first-order valence-corrected chi connectivity index (χ1v) is 10.6. The van der Waals surface area contributed by atoms with Gasteiger partial charge in [-0.05, 0) is 67.1 Å². The Kier molecular flexibility index (Phi) is 6.94. The maximum Gasteiger partial charge on any atom is 0.150 e. The maximum atomic E-state index is 14.5. The lowest BCUT2D eigenvalue weighted by molar-refractivity contribution is 0.558. The number of aromatic amines is 1. The topological polar surface area (TPSA) is 27.8 Å². The molecule has 0 radical (unpaired) electrons. The summed E-state index contributed by atoms with van der Waals surface area (Å²) in [6.45, 7) is 14.3. The predicted molar refractivity (Wildman–Crippen MR) is 122 cm³/mol. The van der Waals surface area contributed by atoms with Gasteiger partial charge in [0.2, 0.25) is 0 Å². The molecule has 0 aliphatic rings. The minimum Gasteiger partial charge on any atom is -0.382 e. The van der Waals surface area contributed by atoms with Crippen molar-refractivity contribution in [3.63, 3.8) is 0 Å². The maximum absolute atomic E-state index is 14.5. The molecule has 3 rings (SSSR count). The molecule has 3 aromatic rings. The number of halogens is 3. The number of rotatable bonds is 9. The van der Waals surface area contributed by atoms with E-state index in [-0.39, 0.29) is 23.3 Å². The molecule has 164 valence electrons. The minimum atomic E-state index is -0.654. The molecule has 0 spiro atoms. The summed E-state index contributed by atoms with van der Waals surface area (Å²) in [6.07, 6.45) is 2.54. The van der Waals surface area contributed by atoms with Gasteiger partial charge in [0.15, 0.2) is 0 Å². The Morgan fingerprint density at radius 1 is 1.06 bits per heavy atom. The number of allylic oxidation sites excluding steroid dienone is 1. The monoisotopic (exact) mass is 426 g/mol. The highest BCUT2D eigenvalue weighted by atomic mass is 19.1. The Hall–Kier alpha value is -2.95. The molecule has 1 aromatic heterocycles. The molecule has 2 unspecified atom stereocenters. The fraction of sp³-hybridized carbons (Fsp3) is 0.308. The highest BCUT2D eigenvalue weighted by Gasteiger charge is 2.22. The summed E-state index contributed by atoms with van der Waals surface area (Å²) in [7, 11) is 0. The summed E-state index contributed by atoms with van der Waals surface area (Å²) in [5, 5.41) is 3.93. The Bertz CT molecular complexity index is 1100. The summed E-state index contributed by atoms with van der Waals surface area (Å²) >= 11 is 0. The number of fused-ring (bicyclic) bond motifs is 1. The number of benzene rings is 2. The number of nitrogens with one attached hydrogen (secondary N) is 2. The van der Waals surface area contributed by atoms with Crippen molar-refractivity contribution in [3.05, 3.63) is 83.8 Å². The molecular formula is C26H29F3N2. The SMILES string of the molecule is C=C(CC(C)c1c(-c2ccc(F)cc2)[nH]c2c(F)cc(F)cc12)NC(CCC)C(=C)C. The summed E-state index contributed by atoms with van der Waals surface area (Å²) in [5.41, 5.74) is 4.27. The van der Waals surface area contributed by atoms with Crippen LogP contribution in [0.25, 0.3) is 22.2 Å². The summed E-state index contributed by atoms with van der Waals surface area (Å²) < 4.78 is 42.0. The molecule has 0 amide bonds. The fourth-order valence-corrected chi connectivity index (χ4v) is 4.10. The van der Waals surface area contributed by atoms with E-state index in [1.807, 2.05) is 13.8 Å². The highest BCUT2D eigenvalue weighted by Crippen LogP contribution is 2.39. The van der Waals surface area contributed by atoms with E-state index in [0.29, 0.717) is 23.1 Å². The summed E-state index contributed by atoms with van der Waals surface area (Å²) in [6, 6.07) is 8.33. The van der Waals surface area contributed by atoms with Crippen LogP contribution in [0.1, 0.15) is 51.5 Å². The van der Waals surface area contributed by atoms with Crippen LogP contribution in [0.15, 0.2) is 60.8 Å². The quantitative estimate of drug-likeness (QED) is 0.339. The lowest BCUT2D eigenvalue weighted by Crippen LogP contribution is -2.29. The van der Waals surface area contributed by atoms with Crippen LogP contribution >= 0.6 is 0 Å². The van der Waals surface area contributed by atoms with E-state index in [4.69, 9.17) is 0 Å². The van der Waals surface area contributed by atoms with Crippen molar-refractivity contribution in [3.8, 4) is 11.3 Å². The zero-order chi connectivity index (χ0) is 22.7. The van der Waals surface area contributed by atoms with E-state index in [1.165, 1.54) is 18.2 Å². The summed E-state index contributed by atoms with van der Waals surface area (Å²) in [5.74, 6) is -1.74. The van der Waals surface area contributed by atoms with Crippen molar-refractivity contribution >= 4 is 10.9 Å². The van der Waals surface area contributed by atoms with Gasteiger partial charge in [0.25, 0.3) is 0 Å². The van der Waals surface area contributed by atoms with Gasteiger partial charge in [-0.1, -0.05) is 39.0 Å². The molecule has 31 heavy (non-hydrogen) atoms. The van der Waals surface area contributed by atoms with Crippen molar-refractivity contribution in [2.75, 3.05) is 0 Å². The average molecular weight is 427 g/mol. The minimum absolute atomic E-state index is 0.0950. The average Bonchev–Trinajstić information content (AvgIpc) is 3.07. The molecule has 2 atom stereocenters. The van der Waals surface area contributed by atoms with Crippen LogP contribution in [-0.2, 0) is 0 Å². The lowest BCUT2D eigenvalue weighted by Gasteiger charge is -2.23. The van der Waals surface area contributed by atoms with E-state index in [0.717, 1.165) is 35.7 Å². The molecule has 0 aliphatic heterocycles. The van der Waals surface area contributed by atoms with Gasteiger partial charge in [-0.2, -0.15) is 0 Å². The third-order valence-corrected chi connectivity index (χ3v) is 5.59. The third kappa shape index (κ3) is 5.04. The molecule has 0 saturated heterocycles. The van der Waals surface area contributed by atoms with Crippen LogP contribution in [0, 0.1) is 17.5 Å². The normalized spacial score (nSPS) is 13.2. The fourth-order valence-electron chi connectivity index (χ4n) is 4.10. The smallest absolute Gasteiger partial charge is 0.150 e. The first-order valence-electron chi connectivity index (χ1n) is 10.6. The Morgan fingerprint density at radius 2 is 1.74 bits per heavy atom. The Balaban J connectivity index is 2.01. The first-order chi connectivity index (χ1) is 14.7. The van der Waals surface area contributed by atoms with Crippen molar-refractivity contribution in [2.45, 2.75) is 52.0 Å². The Morgan fingerprint density at radius 3 is 2.35 bits per heavy atom. The van der Waals surface area contributed by atoms with Crippen molar-refractivity contribution in [1.82, 2.24) is 10.3 Å². The second kappa shape index (κ2) is 9.46.